The van der Waals surface area contributed by atoms with Crippen molar-refractivity contribution in [2.45, 2.75) is 25.8 Å². The van der Waals surface area contributed by atoms with E-state index >= 15 is 0 Å². The molecule has 1 amide bonds. The van der Waals surface area contributed by atoms with Gasteiger partial charge >= 0.3 is 0 Å². The number of aromatic nitrogens is 1. The molecule has 0 radical (unpaired) electrons. The molecule has 0 unspecified atom stereocenters. The number of benzene rings is 2. The van der Waals surface area contributed by atoms with Crippen LogP contribution in [0.15, 0.2) is 60.0 Å². The van der Waals surface area contributed by atoms with Crippen molar-refractivity contribution >= 4 is 28.8 Å². The van der Waals surface area contributed by atoms with Crippen LogP contribution in [-0.4, -0.2) is 46.9 Å². The quantitative estimate of drug-likeness (QED) is 0.560. The molecule has 1 aromatic heterocycles. The molecule has 1 aliphatic rings. The highest BCUT2D eigenvalue weighted by Gasteiger charge is 2.20. The van der Waals surface area contributed by atoms with Crippen molar-refractivity contribution < 1.29 is 4.79 Å². The van der Waals surface area contributed by atoms with Crippen molar-refractivity contribution in [2.24, 2.45) is 0 Å². The van der Waals surface area contributed by atoms with Crippen LogP contribution in [0.1, 0.15) is 28.2 Å². The molecule has 156 valence electrons. The Labute approximate surface area is 187 Å². The molecular weight excluding hydrogens is 414 g/mol. The Morgan fingerprint density at radius 2 is 1.77 bits per heavy atom. The third-order valence-corrected chi connectivity index (χ3v) is 6.54. The van der Waals surface area contributed by atoms with Crippen molar-refractivity contribution in [3.63, 3.8) is 0 Å². The van der Waals surface area contributed by atoms with Crippen LogP contribution >= 0.6 is 22.9 Å². The molecule has 1 saturated heterocycles. The van der Waals surface area contributed by atoms with Gasteiger partial charge in [0.1, 0.15) is 0 Å². The van der Waals surface area contributed by atoms with Gasteiger partial charge in [-0.1, -0.05) is 54.1 Å². The lowest BCUT2D eigenvalue weighted by Gasteiger charge is -2.22. The lowest BCUT2D eigenvalue weighted by atomic mass is 10.2. The zero-order valence-corrected chi connectivity index (χ0v) is 18.5. The first kappa shape index (κ1) is 21.0. The summed E-state index contributed by atoms with van der Waals surface area (Å²) in [7, 11) is 0. The number of thiazole rings is 1. The van der Waals surface area contributed by atoms with Gasteiger partial charge in [-0.2, -0.15) is 0 Å². The fourth-order valence-electron chi connectivity index (χ4n) is 3.77. The van der Waals surface area contributed by atoms with Crippen molar-refractivity contribution in [1.29, 1.82) is 0 Å². The molecule has 1 aliphatic heterocycles. The van der Waals surface area contributed by atoms with Crippen LogP contribution in [0.25, 0.3) is 0 Å². The number of amides is 1. The Bertz CT molecular complexity index is 958. The molecule has 0 spiro atoms. The summed E-state index contributed by atoms with van der Waals surface area (Å²) in [6.07, 6.45) is 2.21. The SMILES string of the molecule is O=C(Cc1csc(Cc2ccccc2)n1)N1CCCN(Cc2ccc(Cl)cc2)CC1. The first-order valence-electron chi connectivity index (χ1n) is 10.4. The van der Waals surface area contributed by atoms with Crippen molar-refractivity contribution in [3.05, 3.63) is 86.8 Å². The molecule has 0 aliphatic carbocycles. The number of halogens is 1. The van der Waals surface area contributed by atoms with Crippen LogP contribution in [0.4, 0.5) is 0 Å². The fourth-order valence-corrected chi connectivity index (χ4v) is 4.73. The Morgan fingerprint density at radius 1 is 0.967 bits per heavy atom. The summed E-state index contributed by atoms with van der Waals surface area (Å²) in [6, 6.07) is 18.4. The van der Waals surface area contributed by atoms with Gasteiger partial charge in [0, 0.05) is 49.5 Å². The molecule has 0 saturated carbocycles. The highest BCUT2D eigenvalue weighted by molar-refractivity contribution is 7.09. The van der Waals surface area contributed by atoms with Gasteiger partial charge in [0.25, 0.3) is 0 Å². The van der Waals surface area contributed by atoms with E-state index in [1.165, 1.54) is 11.1 Å². The molecule has 0 atom stereocenters. The topological polar surface area (TPSA) is 36.4 Å². The molecule has 30 heavy (non-hydrogen) atoms. The normalized spacial score (nSPS) is 15.2. The Balaban J connectivity index is 1.28. The van der Waals surface area contributed by atoms with E-state index in [4.69, 9.17) is 16.6 Å². The van der Waals surface area contributed by atoms with Gasteiger partial charge in [0.2, 0.25) is 5.91 Å². The lowest BCUT2D eigenvalue weighted by molar-refractivity contribution is -0.130. The summed E-state index contributed by atoms with van der Waals surface area (Å²) >= 11 is 7.62. The second-order valence-electron chi connectivity index (χ2n) is 7.71. The summed E-state index contributed by atoms with van der Waals surface area (Å²) in [5, 5.41) is 3.86. The fraction of sp³-hybridized carbons (Fsp3) is 0.333. The Kier molecular flexibility index (Phi) is 7.16. The van der Waals surface area contributed by atoms with E-state index in [0.717, 1.165) is 61.3 Å². The average Bonchev–Trinajstić information content (AvgIpc) is 3.05. The summed E-state index contributed by atoms with van der Waals surface area (Å²) in [5.41, 5.74) is 3.39. The molecule has 0 N–H and O–H groups in total. The zero-order valence-electron chi connectivity index (χ0n) is 17.0. The van der Waals surface area contributed by atoms with Crippen LogP contribution in [-0.2, 0) is 24.2 Å². The highest BCUT2D eigenvalue weighted by atomic mass is 35.5. The van der Waals surface area contributed by atoms with Crippen molar-refractivity contribution in [3.8, 4) is 0 Å². The van der Waals surface area contributed by atoms with Gasteiger partial charge < -0.3 is 4.90 Å². The van der Waals surface area contributed by atoms with Crippen LogP contribution in [0.3, 0.4) is 0 Å². The minimum absolute atomic E-state index is 0.180. The number of carbonyl (C=O) groups excluding carboxylic acids is 1. The first-order valence-corrected chi connectivity index (χ1v) is 11.6. The largest absolute Gasteiger partial charge is 0.341 e. The van der Waals surface area contributed by atoms with E-state index in [-0.39, 0.29) is 5.91 Å². The average molecular weight is 440 g/mol. The minimum Gasteiger partial charge on any atom is -0.341 e. The predicted molar refractivity (Wildman–Crippen MR) is 123 cm³/mol. The zero-order chi connectivity index (χ0) is 20.8. The number of hydrogen-bond acceptors (Lipinski definition) is 4. The van der Waals surface area contributed by atoms with Gasteiger partial charge in [-0.3, -0.25) is 9.69 Å². The smallest absolute Gasteiger partial charge is 0.228 e. The summed E-state index contributed by atoms with van der Waals surface area (Å²) in [4.78, 5) is 22.0. The van der Waals surface area contributed by atoms with Crippen LogP contribution in [0, 0.1) is 0 Å². The van der Waals surface area contributed by atoms with E-state index < -0.39 is 0 Å². The molecule has 0 bridgehead atoms. The lowest BCUT2D eigenvalue weighted by Crippen LogP contribution is -2.36. The third-order valence-electron chi connectivity index (χ3n) is 5.39. The second-order valence-corrected chi connectivity index (χ2v) is 9.09. The van der Waals surface area contributed by atoms with Gasteiger partial charge in [0.15, 0.2) is 0 Å². The number of carbonyl (C=O) groups is 1. The summed E-state index contributed by atoms with van der Waals surface area (Å²) < 4.78 is 0. The van der Waals surface area contributed by atoms with Crippen LogP contribution in [0.5, 0.6) is 0 Å². The molecule has 3 aromatic rings. The monoisotopic (exact) mass is 439 g/mol. The van der Waals surface area contributed by atoms with Gasteiger partial charge in [0.05, 0.1) is 17.1 Å². The standard InChI is InChI=1S/C24H26ClN3OS/c25-21-9-7-20(8-10-21)17-27-11-4-12-28(14-13-27)24(29)16-22-18-30-23(26-22)15-19-5-2-1-3-6-19/h1-3,5-10,18H,4,11-17H2. The van der Waals surface area contributed by atoms with Crippen molar-refractivity contribution in [2.75, 3.05) is 26.2 Å². The second kappa shape index (κ2) is 10.2. The molecular formula is C24H26ClN3OS. The molecule has 4 nitrogen and oxygen atoms in total. The van der Waals surface area contributed by atoms with E-state index in [9.17, 15) is 4.79 Å². The maximum atomic E-state index is 12.8. The number of rotatable bonds is 6. The predicted octanol–water partition coefficient (Wildman–Crippen LogP) is 4.66. The maximum Gasteiger partial charge on any atom is 0.228 e. The van der Waals surface area contributed by atoms with Crippen LogP contribution < -0.4 is 0 Å². The number of hydrogen-bond donors (Lipinski definition) is 0. The van der Waals surface area contributed by atoms with Crippen molar-refractivity contribution in [1.82, 2.24) is 14.8 Å². The van der Waals surface area contributed by atoms with E-state index in [1.54, 1.807) is 11.3 Å². The van der Waals surface area contributed by atoms with E-state index in [1.807, 2.05) is 40.6 Å². The van der Waals surface area contributed by atoms with Gasteiger partial charge in [-0.05, 0) is 29.7 Å². The van der Waals surface area contributed by atoms with Gasteiger partial charge in [-0.15, -0.1) is 11.3 Å². The summed E-state index contributed by atoms with van der Waals surface area (Å²) in [6.45, 7) is 4.38. The van der Waals surface area contributed by atoms with E-state index in [2.05, 4.69) is 29.2 Å². The summed E-state index contributed by atoms with van der Waals surface area (Å²) in [5.74, 6) is 0.180. The van der Waals surface area contributed by atoms with E-state index in [0.29, 0.717) is 6.42 Å². The molecule has 6 heteroatoms. The molecule has 2 aromatic carbocycles. The first-order chi connectivity index (χ1) is 14.7. The molecule has 2 heterocycles. The minimum atomic E-state index is 0.180. The molecule has 1 fully saturated rings. The molecule has 4 rings (SSSR count). The van der Waals surface area contributed by atoms with Gasteiger partial charge in [-0.25, -0.2) is 4.98 Å². The third kappa shape index (κ3) is 5.91. The maximum absolute atomic E-state index is 12.8. The Morgan fingerprint density at radius 3 is 2.57 bits per heavy atom. The highest BCUT2D eigenvalue weighted by Crippen LogP contribution is 2.17. The Hall–Kier alpha value is -2.21. The number of nitrogens with zero attached hydrogens (tertiary/aromatic N) is 3. The van der Waals surface area contributed by atoms with Crippen LogP contribution in [0.2, 0.25) is 5.02 Å².